The van der Waals surface area contributed by atoms with E-state index >= 15 is 0 Å². The molecule has 1 rings (SSSR count). The van der Waals surface area contributed by atoms with Crippen molar-refractivity contribution in [3.63, 3.8) is 0 Å². The predicted molar refractivity (Wildman–Crippen MR) is 76.3 cm³/mol. The molecule has 17 heavy (non-hydrogen) atoms. The van der Waals surface area contributed by atoms with E-state index in [1.165, 1.54) is 31.4 Å². The summed E-state index contributed by atoms with van der Waals surface area (Å²) in [5, 5.41) is 13.6. The topological polar surface area (TPSA) is 35.8 Å². The second kappa shape index (κ2) is 8.00. The molecule has 0 aromatic carbocycles. The standard InChI is InChI=1S/C14H26N2S/c1-3-14(12-15,16-4-2)10-7-11-17-13-8-5-6-9-13/h13,16H,3-11H2,1-2H3. The second-order valence-electron chi connectivity index (χ2n) is 4.96. The maximum atomic E-state index is 9.30. The normalized spacial score (nSPS) is 20.1. The van der Waals surface area contributed by atoms with Crippen LogP contribution in [0.15, 0.2) is 0 Å². The quantitative estimate of drug-likeness (QED) is 0.671. The van der Waals surface area contributed by atoms with Gasteiger partial charge in [-0.25, -0.2) is 0 Å². The average Bonchev–Trinajstić information content (AvgIpc) is 2.86. The molecule has 3 heteroatoms. The van der Waals surface area contributed by atoms with E-state index in [9.17, 15) is 5.26 Å². The van der Waals surface area contributed by atoms with Crippen LogP contribution in [0.2, 0.25) is 0 Å². The van der Waals surface area contributed by atoms with Crippen LogP contribution in [0.25, 0.3) is 0 Å². The van der Waals surface area contributed by atoms with Gasteiger partial charge < -0.3 is 0 Å². The third kappa shape index (κ3) is 4.89. The van der Waals surface area contributed by atoms with E-state index in [1.807, 2.05) is 0 Å². The number of nitrogens with zero attached hydrogens (tertiary/aromatic N) is 1. The van der Waals surface area contributed by atoms with Gasteiger partial charge in [0.1, 0.15) is 5.54 Å². The minimum absolute atomic E-state index is 0.273. The highest BCUT2D eigenvalue weighted by Gasteiger charge is 2.26. The van der Waals surface area contributed by atoms with Gasteiger partial charge in [-0.3, -0.25) is 5.32 Å². The Labute approximate surface area is 111 Å². The van der Waals surface area contributed by atoms with E-state index in [1.54, 1.807) is 0 Å². The van der Waals surface area contributed by atoms with Crippen LogP contribution in [-0.2, 0) is 0 Å². The van der Waals surface area contributed by atoms with Crippen LogP contribution >= 0.6 is 11.8 Å². The lowest BCUT2D eigenvalue weighted by atomic mass is 9.92. The zero-order valence-corrected chi connectivity index (χ0v) is 12.1. The Morgan fingerprint density at radius 1 is 1.35 bits per heavy atom. The predicted octanol–water partition coefficient (Wildman–Crippen LogP) is 3.72. The average molecular weight is 254 g/mol. The molecule has 0 heterocycles. The molecule has 0 saturated heterocycles. The van der Waals surface area contributed by atoms with Gasteiger partial charge in [0.25, 0.3) is 0 Å². The maximum absolute atomic E-state index is 9.30. The fraction of sp³-hybridized carbons (Fsp3) is 0.929. The highest BCUT2D eigenvalue weighted by atomic mass is 32.2. The lowest BCUT2D eigenvalue weighted by Gasteiger charge is -2.26. The molecule has 0 spiro atoms. The largest absolute Gasteiger partial charge is 0.300 e. The van der Waals surface area contributed by atoms with E-state index in [0.29, 0.717) is 0 Å². The molecule has 1 N–H and O–H groups in total. The number of thioether (sulfide) groups is 1. The zero-order valence-electron chi connectivity index (χ0n) is 11.3. The van der Waals surface area contributed by atoms with E-state index in [0.717, 1.165) is 31.1 Å². The van der Waals surface area contributed by atoms with E-state index in [-0.39, 0.29) is 5.54 Å². The molecule has 1 atom stereocenters. The number of nitriles is 1. The Morgan fingerprint density at radius 3 is 2.59 bits per heavy atom. The van der Waals surface area contributed by atoms with Crippen molar-refractivity contribution in [3.05, 3.63) is 0 Å². The molecule has 0 bridgehead atoms. The van der Waals surface area contributed by atoms with Crippen molar-refractivity contribution in [2.45, 2.75) is 69.6 Å². The van der Waals surface area contributed by atoms with Crippen LogP contribution in [0.1, 0.15) is 58.8 Å². The van der Waals surface area contributed by atoms with Crippen LogP contribution in [0, 0.1) is 11.3 Å². The number of rotatable bonds is 8. The van der Waals surface area contributed by atoms with E-state index in [4.69, 9.17) is 0 Å². The number of nitrogens with one attached hydrogen (secondary N) is 1. The Balaban J connectivity index is 2.20. The Kier molecular flexibility index (Phi) is 6.99. The molecular formula is C14H26N2S. The molecule has 0 aromatic rings. The first-order chi connectivity index (χ1) is 8.26. The summed E-state index contributed by atoms with van der Waals surface area (Å²) in [6, 6.07) is 2.47. The summed E-state index contributed by atoms with van der Waals surface area (Å²) < 4.78 is 0. The van der Waals surface area contributed by atoms with E-state index in [2.05, 4.69) is 37.0 Å². The van der Waals surface area contributed by atoms with Crippen LogP contribution < -0.4 is 5.32 Å². The molecule has 1 unspecified atom stereocenters. The van der Waals surface area contributed by atoms with Crippen molar-refractivity contribution < 1.29 is 0 Å². The third-order valence-corrected chi connectivity index (χ3v) is 5.20. The second-order valence-corrected chi connectivity index (χ2v) is 6.37. The summed E-state index contributed by atoms with van der Waals surface area (Å²) in [5.41, 5.74) is -0.273. The fourth-order valence-electron chi connectivity index (χ4n) is 2.58. The van der Waals surface area contributed by atoms with Crippen molar-refractivity contribution in [3.8, 4) is 6.07 Å². The van der Waals surface area contributed by atoms with Crippen LogP contribution in [0.3, 0.4) is 0 Å². The molecule has 2 nitrogen and oxygen atoms in total. The maximum Gasteiger partial charge on any atom is 0.106 e. The van der Waals surface area contributed by atoms with Gasteiger partial charge in [-0.15, -0.1) is 0 Å². The van der Waals surface area contributed by atoms with Crippen LogP contribution in [-0.4, -0.2) is 23.1 Å². The number of hydrogen-bond acceptors (Lipinski definition) is 3. The summed E-state index contributed by atoms with van der Waals surface area (Å²) in [5.74, 6) is 1.22. The fourth-order valence-corrected chi connectivity index (χ4v) is 3.89. The first-order valence-electron chi connectivity index (χ1n) is 7.04. The first-order valence-corrected chi connectivity index (χ1v) is 8.09. The molecule has 0 radical (unpaired) electrons. The van der Waals surface area contributed by atoms with Gasteiger partial charge in [0.15, 0.2) is 0 Å². The SMILES string of the molecule is CCNC(C#N)(CC)CCCSC1CCCC1. The smallest absolute Gasteiger partial charge is 0.106 e. The molecule has 0 aliphatic heterocycles. The van der Waals surface area contributed by atoms with Crippen molar-refractivity contribution in [1.82, 2.24) is 5.32 Å². The van der Waals surface area contributed by atoms with Gasteiger partial charge in [-0.1, -0.05) is 26.7 Å². The lowest BCUT2D eigenvalue weighted by Crippen LogP contribution is -2.43. The van der Waals surface area contributed by atoms with E-state index < -0.39 is 0 Å². The van der Waals surface area contributed by atoms with Crippen LogP contribution in [0.4, 0.5) is 0 Å². The molecule has 1 aliphatic carbocycles. The molecular weight excluding hydrogens is 228 g/mol. The summed E-state index contributed by atoms with van der Waals surface area (Å²) in [4.78, 5) is 0. The van der Waals surface area contributed by atoms with Gasteiger partial charge in [-0.2, -0.15) is 17.0 Å². The van der Waals surface area contributed by atoms with Crippen molar-refractivity contribution in [1.29, 1.82) is 5.26 Å². The third-order valence-electron chi connectivity index (χ3n) is 3.74. The van der Waals surface area contributed by atoms with Gasteiger partial charge >= 0.3 is 0 Å². The summed E-state index contributed by atoms with van der Waals surface area (Å²) in [6.07, 6.45) is 8.73. The first kappa shape index (κ1) is 14.9. The summed E-state index contributed by atoms with van der Waals surface area (Å²) >= 11 is 2.13. The highest BCUT2D eigenvalue weighted by Crippen LogP contribution is 2.30. The van der Waals surface area contributed by atoms with Crippen LogP contribution in [0.5, 0.6) is 0 Å². The van der Waals surface area contributed by atoms with Gasteiger partial charge in [0.05, 0.1) is 6.07 Å². The monoisotopic (exact) mass is 254 g/mol. The minimum atomic E-state index is -0.273. The van der Waals surface area contributed by atoms with Gasteiger partial charge in [-0.05, 0) is 44.4 Å². The Bertz CT molecular complexity index is 243. The Morgan fingerprint density at radius 2 is 2.06 bits per heavy atom. The van der Waals surface area contributed by atoms with Gasteiger partial charge in [0.2, 0.25) is 0 Å². The Hall–Kier alpha value is -0.200. The van der Waals surface area contributed by atoms with Crippen molar-refractivity contribution >= 4 is 11.8 Å². The molecule has 0 amide bonds. The lowest BCUT2D eigenvalue weighted by molar-refractivity contribution is 0.379. The molecule has 1 aliphatic rings. The van der Waals surface area contributed by atoms with Crippen molar-refractivity contribution in [2.24, 2.45) is 0 Å². The number of hydrogen-bond donors (Lipinski definition) is 1. The highest BCUT2D eigenvalue weighted by molar-refractivity contribution is 7.99. The molecule has 0 aromatic heterocycles. The minimum Gasteiger partial charge on any atom is -0.300 e. The summed E-state index contributed by atoms with van der Waals surface area (Å²) in [6.45, 7) is 5.07. The zero-order chi connectivity index (χ0) is 12.6. The van der Waals surface area contributed by atoms with Crippen molar-refractivity contribution in [2.75, 3.05) is 12.3 Å². The molecule has 98 valence electrons. The van der Waals surface area contributed by atoms with Gasteiger partial charge in [0, 0.05) is 5.25 Å². The summed E-state index contributed by atoms with van der Waals surface area (Å²) in [7, 11) is 0. The molecule has 1 saturated carbocycles. The molecule has 1 fully saturated rings.